The van der Waals surface area contributed by atoms with Gasteiger partial charge in [0.15, 0.2) is 12.6 Å². The Balaban J connectivity index is 2.39. The number of hydrogen-bond acceptors (Lipinski definition) is 3. The summed E-state index contributed by atoms with van der Waals surface area (Å²) >= 11 is 0. The van der Waals surface area contributed by atoms with Crippen molar-refractivity contribution in [3.63, 3.8) is 0 Å². The zero-order chi connectivity index (χ0) is 9.26. The standard InChI is InChI=1S/C10H10O3/c1-7-10(11)8-2-4-9(5-3-8)13-6-12-7/h2-5,7H,6H2,1H3. The van der Waals surface area contributed by atoms with E-state index >= 15 is 0 Å². The van der Waals surface area contributed by atoms with Crippen LogP contribution in [0.2, 0.25) is 0 Å². The second-order valence-corrected chi connectivity index (χ2v) is 2.96. The molecular weight excluding hydrogens is 168 g/mol. The average Bonchev–Trinajstić information content (AvgIpc) is 2.25. The Morgan fingerprint density at radius 1 is 1.31 bits per heavy atom. The first kappa shape index (κ1) is 8.26. The van der Waals surface area contributed by atoms with E-state index in [1.165, 1.54) is 0 Å². The molecule has 0 N–H and O–H groups in total. The first-order valence-electron chi connectivity index (χ1n) is 4.16. The van der Waals surface area contributed by atoms with Gasteiger partial charge in [0, 0.05) is 5.56 Å². The fourth-order valence-electron chi connectivity index (χ4n) is 1.23. The monoisotopic (exact) mass is 178 g/mol. The summed E-state index contributed by atoms with van der Waals surface area (Å²) in [6.45, 7) is 1.86. The molecule has 0 amide bonds. The topological polar surface area (TPSA) is 35.5 Å². The molecule has 2 heterocycles. The Bertz CT molecular complexity index is 315. The molecule has 3 heteroatoms. The highest BCUT2D eigenvalue weighted by Gasteiger charge is 2.17. The molecular formula is C10H10O3. The van der Waals surface area contributed by atoms with Crippen LogP contribution in [0.5, 0.6) is 5.75 Å². The molecule has 1 unspecified atom stereocenters. The largest absolute Gasteiger partial charge is 0.468 e. The first-order valence-corrected chi connectivity index (χ1v) is 4.16. The SMILES string of the molecule is CC1OCOc2ccc(cc2)C1=O. The Morgan fingerprint density at radius 3 is 2.69 bits per heavy atom. The molecule has 0 fully saturated rings. The number of benzene rings is 1. The molecule has 1 atom stereocenters. The van der Waals surface area contributed by atoms with Gasteiger partial charge in [-0.05, 0) is 31.2 Å². The van der Waals surface area contributed by atoms with E-state index in [-0.39, 0.29) is 12.6 Å². The van der Waals surface area contributed by atoms with Crippen molar-refractivity contribution in [1.29, 1.82) is 0 Å². The zero-order valence-corrected chi connectivity index (χ0v) is 7.32. The summed E-state index contributed by atoms with van der Waals surface area (Å²) in [5.41, 5.74) is 0.668. The van der Waals surface area contributed by atoms with E-state index in [0.717, 1.165) is 5.75 Å². The van der Waals surface area contributed by atoms with Gasteiger partial charge in [0.05, 0.1) is 0 Å². The van der Waals surface area contributed by atoms with Gasteiger partial charge in [0.2, 0.25) is 0 Å². The van der Waals surface area contributed by atoms with E-state index in [1.807, 2.05) is 0 Å². The average molecular weight is 178 g/mol. The number of Topliss-reactive ketones (excluding diaryl/α,β-unsaturated/α-hetero) is 1. The van der Waals surface area contributed by atoms with Crippen molar-refractivity contribution in [3.8, 4) is 5.75 Å². The maximum Gasteiger partial charge on any atom is 0.191 e. The van der Waals surface area contributed by atoms with Crippen molar-refractivity contribution < 1.29 is 14.3 Å². The molecule has 2 aliphatic heterocycles. The van der Waals surface area contributed by atoms with Gasteiger partial charge in [0.1, 0.15) is 11.9 Å². The highest BCUT2D eigenvalue weighted by atomic mass is 16.7. The lowest BCUT2D eigenvalue weighted by Gasteiger charge is -2.09. The predicted octanol–water partition coefficient (Wildman–Crippen LogP) is 1.62. The van der Waals surface area contributed by atoms with Crippen LogP contribution in [0.15, 0.2) is 24.3 Å². The van der Waals surface area contributed by atoms with Crippen molar-refractivity contribution in [2.45, 2.75) is 13.0 Å². The molecule has 3 rings (SSSR count). The van der Waals surface area contributed by atoms with Gasteiger partial charge in [-0.2, -0.15) is 0 Å². The summed E-state index contributed by atoms with van der Waals surface area (Å²) in [5.74, 6) is 0.725. The lowest BCUT2D eigenvalue weighted by molar-refractivity contribution is -0.0175. The number of carbonyl (C=O) groups excluding carboxylic acids is 1. The van der Waals surface area contributed by atoms with Crippen LogP contribution in [0, 0.1) is 0 Å². The van der Waals surface area contributed by atoms with Crippen LogP contribution in [0.25, 0.3) is 0 Å². The second-order valence-electron chi connectivity index (χ2n) is 2.96. The molecule has 13 heavy (non-hydrogen) atoms. The molecule has 3 nitrogen and oxygen atoms in total. The lowest BCUT2D eigenvalue weighted by atomic mass is 10.1. The molecule has 0 spiro atoms. The van der Waals surface area contributed by atoms with Crippen LogP contribution >= 0.6 is 0 Å². The van der Waals surface area contributed by atoms with Crippen LogP contribution in [0.4, 0.5) is 0 Å². The summed E-state index contributed by atoms with van der Waals surface area (Å²) in [6.07, 6.45) is -0.429. The van der Waals surface area contributed by atoms with Crippen molar-refractivity contribution in [2.24, 2.45) is 0 Å². The minimum Gasteiger partial charge on any atom is -0.468 e. The summed E-state index contributed by atoms with van der Waals surface area (Å²) < 4.78 is 10.4. The fourth-order valence-corrected chi connectivity index (χ4v) is 1.23. The van der Waals surface area contributed by atoms with Crippen molar-refractivity contribution in [3.05, 3.63) is 29.8 Å². The maximum absolute atomic E-state index is 11.6. The third-order valence-corrected chi connectivity index (χ3v) is 2.05. The van der Waals surface area contributed by atoms with Crippen LogP contribution < -0.4 is 4.74 Å². The van der Waals surface area contributed by atoms with Gasteiger partial charge in [-0.25, -0.2) is 0 Å². The Labute approximate surface area is 76.3 Å². The van der Waals surface area contributed by atoms with Crippen LogP contribution in [0.1, 0.15) is 17.3 Å². The Kier molecular flexibility index (Phi) is 2.02. The molecule has 0 saturated heterocycles. The van der Waals surface area contributed by atoms with Crippen LogP contribution in [0.3, 0.4) is 0 Å². The van der Waals surface area contributed by atoms with Gasteiger partial charge in [0.25, 0.3) is 0 Å². The number of carbonyl (C=O) groups is 1. The van der Waals surface area contributed by atoms with E-state index < -0.39 is 6.10 Å². The molecule has 1 aromatic rings. The molecule has 2 aliphatic rings. The van der Waals surface area contributed by atoms with Crippen molar-refractivity contribution >= 4 is 5.78 Å². The smallest absolute Gasteiger partial charge is 0.191 e. The van der Waals surface area contributed by atoms with Crippen LogP contribution in [-0.4, -0.2) is 18.7 Å². The highest BCUT2D eigenvalue weighted by Crippen LogP contribution is 2.16. The second kappa shape index (κ2) is 3.18. The Hall–Kier alpha value is -1.35. The fraction of sp³-hybridized carbons (Fsp3) is 0.300. The minimum atomic E-state index is -0.429. The van der Waals surface area contributed by atoms with Crippen LogP contribution in [-0.2, 0) is 4.74 Å². The lowest BCUT2D eigenvalue weighted by Crippen LogP contribution is -2.21. The van der Waals surface area contributed by atoms with Crippen molar-refractivity contribution in [1.82, 2.24) is 0 Å². The third-order valence-electron chi connectivity index (χ3n) is 2.05. The summed E-state index contributed by atoms with van der Waals surface area (Å²) in [7, 11) is 0. The highest BCUT2D eigenvalue weighted by molar-refractivity contribution is 5.99. The number of ether oxygens (including phenoxy) is 2. The van der Waals surface area contributed by atoms with Gasteiger partial charge in [-0.15, -0.1) is 0 Å². The van der Waals surface area contributed by atoms with E-state index in [4.69, 9.17) is 9.47 Å². The summed E-state index contributed by atoms with van der Waals surface area (Å²) in [5, 5.41) is 0. The van der Waals surface area contributed by atoms with E-state index in [0.29, 0.717) is 5.56 Å². The summed E-state index contributed by atoms with van der Waals surface area (Å²) in [4.78, 5) is 11.6. The van der Waals surface area contributed by atoms with Gasteiger partial charge < -0.3 is 9.47 Å². The number of fused-ring (bicyclic) bond motifs is 6. The molecule has 0 aliphatic carbocycles. The Morgan fingerprint density at radius 2 is 2.00 bits per heavy atom. The summed E-state index contributed by atoms with van der Waals surface area (Å²) in [6, 6.07) is 7.05. The van der Waals surface area contributed by atoms with Gasteiger partial charge >= 0.3 is 0 Å². The third kappa shape index (κ3) is 1.55. The van der Waals surface area contributed by atoms with E-state index in [9.17, 15) is 4.79 Å². The molecule has 2 bridgehead atoms. The predicted molar refractivity (Wildman–Crippen MR) is 46.8 cm³/mol. The first-order chi connectivity index (χ1) is 6.27. The molecule has 0 radical (unpaired) electrons. The van der Waals surface area contributed by atoms with E-state index in [2.05, 4.69) is 0 Å². The minimum absolute atomic E-state index is 0.00273. The molecule has 0 aromatic heterocycles. The quantitative estimate of drug-likeness (QED) is 0.605. The van der Waals surface area contributed by atoms with Gasteiger partial charge in [-0.3, -0.25) is 4.79 Å². The molecule has 0 saturated carbocycles. The van der Waals surface area contributed by atoms with Crippen molar-refractivity contribution in [2.75, 3.05) is 6.79 Å². The normalized spacial score (nSPS) is 21.6. The molecule has 68 valence electrons. The number of ketones is 1. The van der Waals surface area contributed by atoms with Gasteiger partial charge in [-0.1, -0.05) is 0 Å². The zero-order valence-electron chi connectivity index (χ0n) is 7.32. The number of hydrogen-bond donors (Lipinski definition) is 0. The number of rotatable bonds is 0. The maximum atomic E-state index is 11.6. The van der Waals surface area contributed by atoms with E-state index in [1.54, 1.807) is 31.2 Å². The molecule has 1 aromatic carbocycles.